The van der Waals surface area contributed by atoms with Crippen LogP contribution >= 0.6 is 0 Å². The minimum atomic E-state index is 0.595. The van der Waals surface area contributed by atoms with Crippen molar-refractivity contribution in [1.82, 2.24) is 4.90 Å². The van der Waals surface area contributed by atoms with Gasteiger partial charge in [0.15, 0.2) is 0 Å². The van der Waals surface area contributed by atoms with Gasteiger partial charge in [0.25, 0.3) is 0 Å². The zero-order valence-electron chi connectivity index (χ0n) is 11.2. The second-order valence-corrected chi connectivity index (χ2v) is 4.59. The fourth-order valence-corrected chi connectivity index (χ4v) is 1.93. The number of hydrogen-bond acceptors (Lipinski definition) is 4. The van der Waals surface area contributed by atoms with Gasteiger partial charge in [-0.05, 0) is 30.9 Å². The molecule has 19 heavy (non-hydrogen) atoms. The normalized spacial score (nSPS) is 11.5. The monoisotopic (exact) mass is 258 g/mol. The summed E-state index contributed by atoms with van der Waals surface area (Å²) >= 11 is 0. The summed E-state index contributed by atoms with van der Waals surface area (Å²) < 4.78 is 5.76. The number of nitrogens with zero attached hydrogens (tertiary/aromatic N) is 2. The van der Waals surface area contributed by atoms with Crippen LogP contribution in [-0.2, 0) is 0 Å². The number of benzene rings is 2. The maximum atomic E-state index is 8.82. The van der Waals surface area contributed by atoms with Crippen LogP contribution in [-0.4, -0.2) is 43.6 Å². The summed E-state index contributed by atoms with van der Waals surface area (Å²) in [5, 5.41) is 14.1. The predicted molar refractivity (Wildman–Crippen MR) is 77.4 cm³/mol. The molecule has 0 spiro atoms. The summed E-state index contributed by atoms with van der Waals surface area (Å²) in [5.41, 5.74) is 0.805. The van der Waals surface area contributed by atoms with E-state index in [1.54, 1.807) is 0 Å². The molecule has 0 unspecified atom stereocenters. The van der Waals surface area contributed by atoms with Crippen molar-refractivity contribution in [2.45, 2.75) is 0 Å². The summed E-state index contributed by atoms with van der Waals surface area (Å²) in [5.74, 6) is 0.735. The van der Waals surface area contributed by atoms with Crippen molar-refractivity contribution in [3.05, 3.63) is 42.0 Å². The van der Waals surface area contributed by atoms with Gasteiger partial charge in [-0.1, -0.05) is 35.5 Å². The van der Waals surface area contributed by atoms with E-state index in [2.05, 4.69) is 10.1 Å². The van der Waals surface area contributed by atoms with Gasteiger partial charge in [0, 0.05) is 12.1 Å². The van der Waals surface area contributed by atoms with Crippen molar-refractivity contribution in [1.29, 1.82) is 0 Å². The molecular formula is C15H18N2O2. The quantitative estimate of drug-likeness (QED) is 0.509. The molecule has 0 saturated carbocycles. The van der Waals surface area contributed by atoms with Crippen LogP contribution in [0.4, 0.5) is 0 Å². The van der Waals surface area contributed by atoms with Crippen molar-refractivity contribution in [2.75, 3.05) is 27.2 Å². The molecule has 4 heteroatoms. The zero-order chi connectivity index (χ0) is 13.7. The number of oxime groups is 1. The van der Waals surface area contributed by atoms with Crippen molar-refractivity contribution >= 4 is 17.0 Å². The highest BCUT2D eigenvalue weighted by atomic mass is 16.5. The minimum absolute atomic E-state index is 0.595. The van der Waals surface area contributed by atoms with E-state index in [0.29, 0.717) is 6.61 Å². The lowest BCUT2D eigenvalue weighted by molar-refractivity contribution is 0.261. The van der Waals surface area contributed by atoms with Crippen LogP contribution in [0.5, 0.6) is 5.75 Å². The Morgan fingerprint density at radius 1 is 1.21 bits per heavy atom. The van der Waals surface area contributed by atoms with E-state index in [0.717, 1.165) is 28.6 Å². The second kappa shape index (κ2) is 6.20. The van der Waals surface area contributed by atoms with Gasteiger partial charge in [-0.2, -0.15) is 0 Å². The van der Waals surface area contributed by atoms with Gasteiger partial charge in [-0.3, -0.25) is 0 Å². The standard InChI is InChI=1S/C15H18N2O2/c1-17(2)9-10-19-15-8-7-12-5-3-4-6-13(12)14(15)11-16-18/h3-8,11,18H,9-10H2,1-2H3. The van der Waals surface area contributed by atoms with Crippen LogP contribution in [0.3, 0.4) is 0 Å². The van der Waals surface area contributed by atoms with Gasteiger partial charge in [0.05, 0.1) is 6.21 Å². The molecule has 1 N–H and O–H groups in total. The molecule has 0 amide bonds. The van der Waals surface area contributed by atoms with Gasteiger partial charge >= 0.3 is 0 Å². The predicted octanol–water partition coefficient (Wildman–Crippen LogP) is 2.59. The fraction of sp³-hybridized carbons (Fsp3) is 0.267. The molecule has 100 valence electrons. The van der Waals surface area contributed by atoms with Gasteiger partial charge in [0.2, 0.25) is 0 Å². The van der Waals surface area contributed by atoms with Crippen LogP contribution < -0.4 is 4.74 Å². The highest BCUT2D eigenvalue weighted by Gasteiger charge is 2.07. The lowest BCUT2D eigenvalue weighted by atomic mass is 10.0. The van der Waals surface area contributed by atoms with Crippen molar-refractivity contribution in [3.63, 3.8) is 0 Å². The summed E-state index contributed by atoms with van der Waals surface area (Å²) in [6.07, 6.45) is 1.42. The summed E-state index contributed by atoms with van der Waals surface area (Å²) in [4.78, 5) is 2.06. The Kier molecular flexibility index (Phi) is 4.36. The third-order valence-electron chi connectivity index (χ3n) is 2.91. The molecule has 0 aliphatic carbocycles. The molecule has 4 nitrogen and oxygen atoms in total. The number of rotatable bonds is 5. The van der Waals surface area contributed by atoms with E-state index in [-0.39, 0.29) is 0 Å². The molecule has 2 aromatic carbocycles. The molecule has 0 saturated heterocycles. The van der Waals surface area contributed by atoms with E-state index in [4.69, 9.17) is 9.94 Å². The first-order chi connectivity index (χ1) is 9.22. The zero-order valence-corrected chi connectivity index (χ0v) is 11.2. The van der Waals surface area contributed by atoms with E-state index in [9.17, 15) is 0 Å². The topological polar surface area (TPSA) is 45.1 Å². The summed E-state index contributed by atoms with van der Waals surface area (Å²) in [6.45, 7) is 1.43. The molecule has 0 aromatic heterocycles. The number of ether oxygens (including phenoxy) is 1. The van der Waals surface area contributed by atoms with Crippen LogP contribution in [0.2, 0.25) is 0 Å². The highest BCUT2D eigenvalue weighted by Crippen LogP contribution is 2.26. The van der Waals surface area contributed by atoms with Crippen molar-refractivity contribution in [3.8, 4) is 5.75 Å². The third-order valence-corrected chi connectivity index (χ3v) is 2.91. The molecule has 0 bridgehead atoms. The Bertz CT molecular complexity index is 579. The summed E-state index contributed by atoms with van der Waals surface area (Å²) in [6, 6.07) is 11.9. The minimum Gasteiger partial charge on any atom is -0.492 e. The Morgan fingerprint density at radius 2 is 2.00 bits per heavy atom. The van der Waals surface area contributed by atoms with E-state index in [1.807, 2.05) is 50.5 Å². The van der Waals surface area contributed by atoms with Crippen LogP contribution in [0.1, 0.15) is 5.56 Å². The number of fused-ring (bicyclic) bond motifs is 1. The van der Waals surface area contributed by atoms with Gasteiger partial charge in [0.1, 0.15) is 12.4 Å². The lowest BCUT2D eigenvalue weighted by Gasteiger charge is -2.13. The Hall–Kier alpha value is -2.07. The largest absolute Gasteiger partial charge is 0.492 e. The Balaban J connectivity index is 2.34. The molecule has 2 aromatic rings. The molecule has 0 heterocycles. The maximum absolute atomic E-state index is 8.82. The summed E-state index contributed by atoms with van der Waals surface area (Å²) in [7, 11) is 4.00. The highest BCUT2D eigenvalue weighted by molar-refractivity contribution is 6.02. The Morgan fingerprint density at radius 3 is 2.74 bits per heavy atom. The molecule has 0 atom stereocenters. The van der Waals surface area contributed by atoms with Gasteiger partial charge in [-0.25, -0.2) is 0 Å². The number of hydrogen-bond donors (Lipinski definition) is 1. The van der Waals surface area contributed by atoms with Crippen LogP contribution in [0.15, 0.2) is 41.6 Å². The first kappa shape index (κ1) is 13.4. The average molecular weight is 258 g/mol. The van der Waals surface area contributed by atoms with Crippen LogP contribution in [0, 0.1) is 0 Å². The third kappa shape index (κ3) is 3.23. The smallest absolute Gasteiger partial charge is 0.128 e. The van der Waals surface area contributed by atoms with E-state index < -0.39 is 0 Å². The molecule has 0 fully saturated rings. The Labute approximate surface area is 112 Å². The number of likely N-dealkylation sites (N-methyl/N-ethyl adjacent to an activating group) is 1. The molecule has 2 rings (SSSR count). The first-order valence-corrected chi connectivity index (χ1v) is 6.19. The molecular weight excluding hydrogens is 240 g/mol. The fourth-order valence-electron chi connectivity index (χ4n) is 1.93. The lowest BCUT2D eigenvalue weighted by Crippen LogP contribution is -2.19. The second-order valence-electron chi connectivity index (χ2n) is 4.59. The maximum Gasteiger partial charge on any atom is 0.128 e. The molecule has 0 aliphatic heterocycles. The average Bonchev–Trinajstić information content (AvgIpc) is 2.41. The van der Waals surface area contributed by atoms with Crippen LogP contribution in [0.25, 0.3) is 10.8 Å². The SMILES string of the molecule is CN(C)CCOc1ccc2ccccc2c1C=NO. The van der Waals surface area contributed by atoms with Gasteiger partial charge < -0.3 is 14.8 Å². The van der Waals surface area contributed by atoms with Crippen molar-refractivity contribution in [2.24, 2.45) is 5.16 Å². The van der Waals surface area contributed by atoms with Crippen molar-refractivity contribution < 1.29 is 9.94 Å². The molecule has 0 radical (unpaired) electrons. The van der Waals surface area contributed by atoms with E-state index in [1.165, 1.54) is 6.21 Å². The molecule has 0 aliphatic rings. The van der Waals surface area contributed by atoms with Gasteiger partial charge in [-0.15, -0.1) is 0 Å². The first-order valence-electron chi connectivity index (χ1n) is 6.19. The van der Waals surface area contributed by atoms with E-state index >= 15 is 0 Å².